The van der Waals surface area contributed by atoms with Crippen molar-refractivity contribution in [2.24, 2.45) is 5.92 Å². The summed E-state index contributed by atoms with van der Waals surface area (Å²) in [4.78, 5) is 18.7. The number of anilines is 1. The molecule has 66 heavy (non-hydrogen) atoms. The van der Waals surface area contributed by atoms with Gasteiger partial charge in [0.15, 0.2) is 21.3 Å². The topological polar surface area (TPSA) is 158 Å². The summed E-state index contributed by atoms with van der Waals surface area (Å²) >= 11 is 6.47. The fourth-order valence-corrected chi connectivity index (χ4v) is 8.87. The van der Waals surface area contributed by atoms with E-state index in [1.165, 1.54) is 44.2 Å². The molecule has 5 aromatic rings. The quantitative estimate of drug-likeness (QED) is 0.0762. The number of hydrogen-bond donors (Lipinski definition) is 2. The smallest absolute Gasteiger partial charge is 0.346 e. The SMILES string of the molecule is CC(C)(C#Cc1ccc(-c2ccc(Cl)c3c(NS(C)(=O)=O)nn(CC(F)(F)F)c23)c([C@H](Cc2cc(F)cc(F)c2)NC(=O)Cn2nc(C(F)(F)F)c3c2C(F)(F)[C@@H]2CC=C[C@H]32)n1)S(C)(=O)=O. The van der Waals surface area contributed by atoms with Crippen molar-refractivity contribution in [1.29, 1.82) is 0 Å². The van der Waals surface area contributed by atoms with E-state index in [-0.39, 0.29) is 49.6 Å². The van der Waals surface area contributed by atoms with E-state index in [1.807, 2.05) is 4.72 Å². The molecule has 7 rings (SSSR count). The first-order valence-corrected chi connectivity index (χ1v) is 23.5. The van der Waals surface area contributed by atoms with Gasteiger partial charge in [0.2, 0.25) is 15.9 Å². The number of halogens is 11. The molecule has 2 aliphatic rings. The van der Waals surface area contributed by atoms with Gasteiger partial charge in [0.05, 0.1) is 33.9 Å². The lowest BCUT2D eigenvalue weighted by molar-refractivity contribution is -0.143. The number of nitrogens with one attached hydrogen (secondary N) is 2. The highest BCUT2D eigenvalue weighted by Crippen LogP contribution is 2.59. The standard InChI is InChI=1S/C41H34ClF10N7O5S2/c1-38(2,65(3,61)62)13-12-23-8-9-24(25-10-11-28(42)32-34(25)59(19-39(45,46)47)56-37(32)57-66(4,63)64)33(53-23)29(16-20-14-21(43)17-22(44)15-20)54-30(60)18-58-36-31(35(55-58)41(50,51)52)26-6-5-7-27(26)40(36,48)49/h5-6,8-11,14-15,17,26-27,29H,7,16,18-19H2,1-4H3,(H,54,60)(H,56,57)/t26-,27+,29-/m0/s1. The Kier molecular flexibility index (Phi) is 12.1. The molecule has 0 spiro atoms. The Morgan fingerprint density at radius 3 is 2.21 bits per heavy atom. The molecule has 12 nitrogen and oxygen atoms in total. The number of sulfone groups is 1. The van der Waals surface area contributed by atoms with Crippen LogP contribution in [-0.4, -0.2) is 70.7 Å². The van der Waals surface area contributed by atoms with Crippen molar-refractivity contribution in [3.63, 3.8) is 0 Å². The average molecular weight is 994 g/mol. The van der Waals surface area contributed by atoms with E-state index in [4.69, 9.17) is 11.6 Å². The second-order valence-electron chi connectivity index (χ2n) is 16.3. The van der Waals surface area contributed by atoms with Crippen LogP contribution in [0.5, 0.6) is 0 Å². The van der Waals surface area contributed by atoms with Crippen LogP contribution in [0.4, 0.5) is 49.7 Å². The molecule has 0 saturated heterocycles. The molecule has 3 heterocycles. The van der Waals surface area contributed by atoms with Crippen LogP contribution >= 0.6 is 11.6 Å². The number of sulfonamides is 1. The molecule has 352 valence electrons. The fourth-order valence-electron chi connectivity index (χ4n) is 7.90. The molecule has 1 amide bonds. The Balaban J connectivity index is 1.46. The van der Waals surface area contributed by atoms with Crippen molar-refractivity contribution in [1.82, 2.24) is 29.9 Å². The van der Waals surface area contributed by atoms with Crippen molar-refractivity contribution in [2.75, 3.05) is 17.2 Å². The number of fused-ring (bicyclic) bond motifs is 4. The van der Waals surface area contributed by atoms with Gasteiger partial charge in [0, 0.05) is 40.8 Å². The van der Waals surface area contributed by atoms with Crippen LogP contribution in [0.15, 0.2) is 54.6 Å². The van der Waals surface area contributed by atoms with Crippen molar-refractivity contribution >= 4 is 54.1 Å². The molecule has 0 bridgehead atoms. The summed E-state index contributed by atoms with van der Waals surface area (Å²) in [7, 11) is -8.07. The maximum absolute atomic E-state index is 15.9. The van der Waals surface area contributed by atoms with Crippen LogP contribution in [0.1, 0.15) is 66.1 Å². The lowest BCUT2D eigenvalue weighted by Crippen LogP contribution is -2.35. The maximum atomic E-state index is 15.9. The lowest BCUT2D eigenvalue weighted by atomic mass is 9.93. The number of benzene rings is 2. The van der Waals surface area contributed by atoms with Gasteiger partial charge in [0.25, 0.3) is 5.92 Å². The Labute approximate surface area is 374 Å². The summed E-state index contributed by atoms with van der Waals surface area (Å²) in [6.45, 7) is -0.575. The summed E-state index contributed by atoms with van der Waals surface area (Å²) in [5.41, 5.74) is -5.33. The number of aromatic nitrogens is 5. The van der Waals surface area contributed by atoms with Crippen LogP contribution < -0.4 is 10.0 Å². The van der Waals surface area contributed by atoms with Crippen LogP contribution in [0, 0.1) is 29.4 Å². The zero-order valence-electron chi connectivity index (χ0n) is 34.5. The van der Waals surface area contributed by atoms with Gasteiger partial charge < -0.3 is 5.32 Å². The number of amides is 1. The van der Waals surface area contributed by atoms with Crippen LogP contribution in [0.2, 0.25) is 5.02 Å². The molecule has 3 aromatic heterocycles. The van der Waals surface area contributed by atoms with Gasteiger partial charge in [-0.1, -0.05) is 35.7 Å². The molecular formula is C41H34ClF10N7O5S2. The van der Waals surface area contributed by atoms with Crippen molar-refractivity contribution in [3.8, 4) is 23.0 Å². The first-order valence-electron chi connectivity index (χ1n) is 19.3. The number of hydrogen-bond acceptors (Lipinski definition) is 8. The van der Waals surface area contributed by atoms with E-state index >= 15 is 8.78 Å². The van der Waals surface area contributed by atoms with Gasteiger partial charge >= 0.3 is 12.4 Å². The zero-order valence-corrected chi connectivity index (χ0v) is 36.9. The lowest BCUT2D eigenvalue weighted by Gasteiger charge is -2.24. The minimum atomic E-state index is -5.23. The number of nitrogens with zero attached hydrogens (tertiary/aromatic N) is 5. The average Bonchev–Trinajstić information content (AvgIpc) is 3.92. The first-order chi connectivity index (χ1) is 30.3. The van der Waals surface area contributed by atoms with Gasteiger partial charge in [-0.3, -0.25) is 18.9 Å². The molecule has 25 heteroatoms. The Morgan fingerprint density at radius 1 is 0.955 bits per heavy atom. The summed E-state index contributed by atoms with van der Waals surface area (Å²) in [5.74, 6) is -5.90. The number of carbonyl (C=O) groups is 1. The summed E-state index contributed by atoms with van der Waals surface area (Å²) in [5, 5.41) is 9.08. The summed E-state index contributed by atoms with van der Waals surface area (Å²) in [6, 6.07) is 5.23. The largest absolute Gasteiger partial charge is 0.435 e. The van der Waals surface area contributed by atoms with E-state index in [2.05, 4.69) is 32.3 Å². The predicted molar refractivity (Wildman–Crippen MR) is 220 cm³/mol. The van der Waals surface area contributed by atoms with Gasteiger partial charge in [0.1, 0.15) is 40.9 Å². The molecule has 2 aliphatic carbocycles. The highest BCUT2D eigenvalue weighted by Gasteiger charge is 2.60. The Morgan fingerprint density at radius 2 is 1.61 bits per heavy atom. The molecule has 2 N–H and O–H groups in total. The van der Waals surface area contributed by atoms with E-state index in [9.17, 15) is 56.8 Å². The number of carbonyl (C=O) groups excluding carboxylic acids is 1. The highest BCUT2D eigenvalue weighted by molar-refractivity contribution is 7.92. The number of alkyl halides is 8. The fraction of sp³-hybridized carbons (Fsp3) is 0.366. The molecular weight excluding hydrogens is 960 g/mol. The minimum absolute atomic E-state index is 0.200. The molecule has 0 radical (unpaired) electrons. The molecule has 0 fully saturated rings. The van der Waals surface area contributed by atoms with Gasteiger partial charge in [-0.05, 0) is 68.5 Å². The van der Waals surface area contributed by atoms with Crippen molar-refractivity contribution in [3.05, 3.63) is 105 Å². The third kappa shape index (κ3) is 9.60. The van der Waals surface area contributed by atoms with Gasteiger partial charge in [-0.2, -0.15) is 45.3 Å². The Hall–Kier alpha value is -5.67. The second kappa shape index (κ2) is 16.6. The monoisotopic (exact) mass is 993 g/mol. The van der Waals surface area contributed by atoms with Crippen LogP contribution in [0.25, 0.3) is 22.0 Å². The summed E-state index contributed by atoms with van der Waals surface area (Å²) < 4.78 is 197. The van der Waals surface area contributed by atoms with Crippen molar-refractivity contribution < 1.29 is 65.5 Å². The number of allylic oxidation sites excluding steroid dienone is 2. The molecule has 2 aromatic carbocycles. The van der Waals surface area contributed by atoms with Crippen molar-refractivity contribution in [2.45, 2.75) is 74.8 Å². The molecule has 0 unspecified atom stereocenters. The third-order valence-corrected chi connectivity index (χ3v) is 13.8. The third-order valence-electron chi connectivity index (χ3n) is 10.9. The maximum Gasteiger partial charge on any atom is 0.435 e. The van der Waals surface area contributed by atoms with E-state index in [0.29, 0.717) is 17.0 Å². The van der Waals surface area contributed by atoms with Gasteiger partial charge in [-0.15, -0.1) is 0 Å². The molecule has 0 saturated carbocycles. The van der Waals surface area contributed by atoms with Gasteiger partial charge in [-0.25, -0.2) is 30.6 Å². The first kappa shape index (κ1) is 48.3. The number of rotatable bonds is 11. The molecule has 0 aliphatic heterocycles. The number of pyridine rings is 1. The predicted octanol–water partition coefficient (Wildman–Crippen LogP) is 8.22. The van der Waals surface area contributed by atoms with E-state index in [0.717, 1.165) is 24.5 Å². The zero-order chi connectivity index (χ0) is 48.7. The second-order valence-corrected chi connectivity index (χ2v) is 21.0. The van der Waals surface area contributed by atoms with Crippen LogP contribution in [0.3, 0.4) is 0 Å². The van der Waals surface area contributed by atoms with Crippen LogP contribution in [-0.2, 0) is 56.3 Å². The Bertz CT molecular complexity index is 3120. The minimum Gasteiger partial charge on any atom is -0.346 e. The highest BCUT2D eigenvalue weighted by atomic mass is 35.5. The summed E-state index contributed by atoms with van der Waals surface area (Å²) in [6.07, 6.45) is -7.03. The normalized spacial score (nSPS) is 17.6. The van der Waals surface area contributed by atoms with E-state index < -0.39 is 126 Å². The van der Waals surface area contributed by atoms with E-state index in [1.54, 1.807) is 0 Å². The molecule has 3 atom stereocenters.